The lowest BCUT2D eigenvalue weighted by Gasteiger charge is -2.17. The van der Waals surface area contributed by atoms with Gasteiger partial charge in [-0.1, -0.05) is 0 Å². The van der Waals surface area contributed by atoms with Gasteiger partial charge in [-0.25, -0.2) is 0 Å². The van der Waals surface area contributed by atoms with Gasteiger partial charge in [0.05, 0.1) is 6.54 Å². The van der Waals surface area contributed by atoms with E-state index in [4.69, 9.17) is 5.11 Å². The molecule has 0 saturated heterocycles. The highest BCUT2D eigenvalue weighted by atomic mass is 16.3. The van der Waals surface area contributed by atoms with Crippen molar-refractivity contribution in [2.75, 3.05) is 18.5 Å². The van der Waals surface area contributed by atoms with E-state index in [1.54, 1.807) is 31.2 Å². The number of nitrogens with zero attached hydrogens (tertiary/aromatic N) is 1. The summed E-state index contributed by atoms with van der Waals surface area (Å²) in [5.74, 6) is 0.357. The van der Waals surface area contributed by atoms with Crippen LogP contribution in [0.3, 0.4) is 0 Å². The van der Waals surface area contributed by atoms with Crippen molar-refractivity contribution in [3.63, 3.8) is 0 Å². The molecule has 3 heteroatoms. The molecule has 1 rings (SSSR count). The second kappa shape index (κ2) is 3.94. The summed E-state index contributed by atoms with van der Waals surface area (Å²) in [5.41, 5.74) is 0.924. The predicted molar refractivity (Wildman–Crippen MR) is 52.1 cm³/mol. The molecule has 0 fully saturated rings. The second-order valence-corrected chi connectivity index (χ2v) is 3.07. The SMILES string of the molecule is CC(=O)CN(C)c1ccc(O)cc1. The lowest BCUT2D eigenvalue weighted by molar-refractivity contribution is -0.115. The van der Waals surface area contributed by atoms with Crippen molar-refractivity contribution in [1.82, 2.24) is 0 Å². The first-order chi connectivity index (χ1) is 6.09. The molecule has 0 radical (unpaired) electrons. The van der Waals surface area contributed by atoms with E-state index in [9.17, 15) is 4.79 Å². The molecule has 0 unspecified atom stereocenters. The van der Waals surface area contributed by atoms with Gasteiger partial charge >= 0.3 is 0 Å². The Kier molecular flexibility index (Phi) is 2.90. The number of aromatic hydroxyl groups is 1. The monoisotopic (exact) mass is 179 g/mol. The number of hydrogen-bond acceptors (Lipinski definition) is 3. The Morgan fingerprint density at radius 2 is 1.92 bits per heavy atom. The molecule has 0 aliphatic rings. The lowest BCUT2D eigenvalue weighted by Crippen LogP contribution is -2.23. The first-order valence-corrected chi connectivity index (χ1v) is 4.09. The van der Waals surface area contributed by atoms with Crippen LogP contribution in [0, 0.1) is 0 Å². The van der Waals surface area contributed by atoms with Crippen LogP contribution in [-0.2, 0) is 4.79 Å². The van der Waals surface area contributed by atoms with Gasteiger partial charge in [0.1, 0.15) is 11.5 Å². The Balaban J connectivity index is 2.71. The number of benzene rings is 1. The minimum Gasteiger partial charge on any atom is -0.508 e. The van der Waals surface area contributed by atoms with Gasteiger partial charge in [-0.3, -0.25) is 4.79 Å². The quantitative estimate of drug-likeness (QED) is 0.762. The Hall–Kier alpha value is -1.51. The normalized spacial score (nSPS) is 9.69. The van der Waals surface area contributed by atoms with E-state index < -0.39 is 0 Å². The molecule has 0 atom stereocenters. The zero-order valence-corrected chi connectivity index (χ0v) is 7.82. The van der Waals surface area contributed by atoms with E-state index in [-0.39, 0.29) is 11.5 Å². The number of likely N-dealkylation sites (N-methyl/N-ethyl adjacent to an activating group) is 1. The maximum atomic E-state index is 10.8. The summed E-state index contributed by atoms with van der Waals surface area (Å²) in [6, 6.07) is 6.76. The molecule has 0 saturated carbocycles. The smallest absolute Gasteiger partial charge is 0.149 e. The van der Waals surface area contributed by atoms with Crippen LogP contribution in [0.25, 0.3) is 0 Å². The van der Waals surface area contributed by atoms with E-state index in [1.165, 1.54) is 0 Å². The van der Waals surface area contributed by atoms with Crippen LogP contribution in [0.1, 0.15) is 6.92 Å². The molecule has 13 heavy (non-hydrogen) atoms. The average molecular weight is 179 g/mol. The number of carbonyl (C=O) groups excluding carboxylic acids is 1. The standard InChI is InChI=1S/C10H13NO2/c1-8(12)7-11(2)9-3-5-10(13)6-4-9/h3-6,13H,7H2,1-2H3. The molecule has 0 spiro atoms. The Labute approximate surface area is 77.6 Å². The van der Waals surface area contributed by atoms with Crippen molar-refractivity contribution in [2.45, 2.75) is 6.92 Å². The fraction of sp³-hybridized carbons (Fsp3) is 0.300. The second-order valence-electron chi connectivity index (χ2n) is 3.07. The molecule has 3 nitrogen and oxygen atoms in total. The number of rotatable bonds is 3. The number of ketones is 1. The van der Waals surface area contributed by atoms with Gasteiger partial charge < -0.3 is 10.0 Å². The zero-order valence-electron chi connectivity index (χ0n) is 7.82. The summed E-state index contributed by atoms with van der Waals surface area (Å²) < 4.78 is 0. The highest BCUT2D eigenvalue weighted by Gasteiger charge is 2.02. The van der Waals surface area contributed by atoms with E-state index >= 15 is 0 Å². The van der Waals surface area contributed by atoms with Crippen LogP contribution in [0.5, 0.6) is 5.75 Å². The maximum Gasteiger partial charge on any atom is 0.149 e. The molecule has 0 heterocycles. The van der Waals surface area contributed by atoms with Crippen molar-refractivity contribution >= 4 is 11.5 Å². The third-order valence-electron chi connectivity index (χ3n) is 1.75. The molecule has 0 aliphatic carbocycles. The number of phenolic OH excluding ortho intramolecular Hbond substituents is 1. The van der Waals surface area contributed by atoms with Crippen molar-refractivity contribution in [1.29, 1.82) is 0 Å². The van der Waals surface area contributed by atoms with E-state index in [2.05, 4.69) is 0 Å². The van der Waals surface area contributed by atoms with Gasteiger partial charge in [0, 0.05) is 12.7 Å². The Morgan fingerprint density at radius 1 is 1.38 bits per heavy atom. The van der Waals surface area contributed by atoms with Gasteiger partial charge in [-0.15, -0.1) is 0 Å². The minimum absolute atomic E-state index is 0.121. The largest absolute Gasteiger partial charge is 0.508 e. The maximum absolute atomic E-state index is 10.8. The Morgan fingerprint density at radius 3 is 2.38 bits per heavy atom. The molecular weight excluding hydrogens is 166 g/mol. The van der Waals surface area contributed by atoms with Crippen molar-refractivity contribution in [2.24, 2.45) is 0 Å². The van der Waals surface area contributed by atoms with E-state index in [0.29, 0.717) is 6.54 Å². The summed E-state index contributed by atoms with van der Waals surface area (Å²) in [4.78, 5) is 12.6. The van der Waals surface area contributed by atoms with Gasteiger partial charge in [-0.2, -0.15) is 0 Å². The first-order valence-electron chi connectivity index (χ1n) is 4.09. The molecule has 1 aromatic carbocycles. The van der Waals surface area contributed by atoms with Crippen molar-refractivity contribution < 1.29 is 9.90 Å². The molecule has 0 aromatic heterocycles. The third-order valence-corrected chi connectivity index (χ3v) is 1.75. The number of anilines is 1. The molecule has 70 valence electrons. The highest BCUT2D eigenvalue weighted by molar-refractivity contribution is 5.80. The third kappa shape index (κ3) is 2.78. The number of Topliss-reactive ketones (excluding diaryl/α,β-unsaturated/α-hetero) is 1. The summed E-state index contributed by atoms with van der Waals surface area (Å²) in [6.45, 7) is 1.95. The molecule has 0 bridgehead atoms. The summed E-state index contributed by atoms with van der Waals surface area (Å²) in [6.07, 6.45) is 0. The van der Waals surface area contributed by atoms with Crippen molar-refractivity contribution in [3.05, 3.63) is 24.3 Å². The van der Waals surface area contributed by atoms with Crippen LogP contribution in [0.2, 0.25) is 0 Å². The van der Waals surface area contributed by atoms with Crippen LogP contribution in [0.15, 0.2) is 24.3 Å². The van der Waals surface area contributed by atoms with Crippen LogP contribution >= 0.6 is 0 Å². The molecule has 0 amide bonds. The first kappa shape index (κ1) is 9.58. The predicted octanol–water partition coefficient (Wildman–Crippen LogP) is 1.42. The molecule has 0 aliphatic heterocycles. The topological polar surface area (TPSA) is 40.5 Å². The zero-order chi connectivity index (χ0) is 9.84. The minimum atomic E-state index is 0.121. The van der Waals surface area contributed by atoms with Crippen LogP contribution in [0.4, 0.5) is 5.69 Å². The number of carbonyl (C=O) groups is 1. The van der Waals surface area contributed by atoms with Gasteiger partial charge in [0.15, 0.2) is 0 Å². The highest BCUT2D eigenvalue weighted by Crippen LogP contribution is 2.16. The molecule has 1 aromatic rings. The van der Waals surface area contributed by atoms with Gasteiger partial charge in [0.2, 0.25) is 0 Å². The fourth-order valence-corrected chi connectivity index (χ4v) is 1.13. The van der Waals surface area contributed by atoms with E-state index in [0.717, 1.165) is 5.69 Å². The summed E-state index contributed by atoms with van der Waals surface area (Å²) >= 11 is 0. The lowest BCUT2D eigenvalue weighted by atomic mass is 10.2. The molecule has 1 N–H and O–H groups in total. The van der Waals surface area contributed by atoms with Crippen molar-refractivity contribution in [3.8, 4) is 5.75 Å². The van der Waals surface area contributed by atoms with Gasteiger partial charge in [-0.05, 0) is 31.2 Å². The summed E-state index contributed by atoms with van der Waals surface area (Å²) in [7, 11) is 1.84. The number of phenols is 1. The Bertz CT molecular complexity index is 292. The van der Waals surface area contributed by atoms with Gasteiger partial charge in [0.25, 0.3) is 0 Å². The van der Waals surface area contributed by atoms with Crippen LogP contribution < -0.4 is 4.90 Å². The molecular formula is C10H13NO2. The fourth-order valence-electron chi connectivity index (χ4n) is 1.13. The van der Waals surface area contributed by atoms with E-state index in [1.807, 2.05) is 11.9 Å². The van der Waals surface area contributed by atoms with Crippen LogP contribution in [-0.4, -0.2) is 24.5 Å². The average Bonchev–Trinajstić information content (AvgIpc) is 2.04. The number of hydrogen-bond donors (Lipinski definition) is 1. The summed E-state index contributed by atoms with van der Waals surface area (Å²) in [5, 5.41) is 9.03.